The Bertz CT molecular complexity index is 3060. The van der Waals surface area contributed by atoms with Gasteiger partial charge in [-0.25, -0.2) is 19.2 Å². The summed E-state index contributed by atoms with van der Waals surface area (Å²) in [5, 5.41) is 29.0. The number of aryl methyl sites for hydroxylation is 2. The second-order valence-corrected chi connectivity index (χ2v) is 18.1. The van der Waals surface area contributed by atoms with Gasteiger partial charge < -0.3 is 50.6 Å². The van der Waals surface area contributed by atoms with Crippen molar-refractivity contribution in [2.75, 3.05) is 13.1 Å². The van der Waals surface area contributed by atoms with Crippen LogP contribution in [0.2, 0.25) is 0 Å². The van der Waals surface area contributed by atoms with Gasteiger partial charge in [0, 0.05) is 13.0 Å². The SMILES string of the molecule is Cc1cc(O)cc(C)c1C[C@H](N/C(=N/C(=O)OCc1ccccc1)NC(=O)OCc1ccccc1)C(=O)N[C@H](C)C(=O)NC[C@H](Cc1ccccc1)NC(=O)CN/C(=N\C(=O)OCc1ccccc1)NC(=O)OCc1ccccc1. The van der Waals surface area contributed by atoms with Crippen molar-refractivity contribution >= 4 is 54.0 Å². The summed E-state index contributed by atoms with van der Waals surface area (Å²) >= 11 is 0. The Morgan fingerprint density at radius 1 is 0.487 bits per heavy atom. The Morgan fingerprint density at radius 3 is 1.36 bits per heavy atom. The molecule has 6 rings (SSSR count). The number of carbonyl (C=O) groups is 7. The molecule has 0 fully saturated rings. The Morgan fingerprint density at radius 2 is 0.900 bits per heavy atom. The molecular formula is C59H63N9O12. The molecule has 21 heteroatoms. The van der Waals surface area contributed by atoms with Crippen LogP contribution in [0.15, 0.2) is 174 Å². The van der Waals surface area contributed by atoms with E-state index < -0.39 is 78.7 Å². The molecule has 0 aliphatic heterocycles. The first-order chi connectivity index (χ1) is 38.6. The number of phenols is 1. The molecule has 7 amide bonds. The number of carbonyl (C=O) groups excluding carboxylic acids is 7. The number of guanidine groups is 2. The molecule has 0 aromatic heterocycles. The molecule has 0 unspecified atom stereocenters. The number of aliphatic imine (C=N–C) groups is 2. The smallest absolute Gasteiger partial charge is 0.437 e. The Balaban J connectivity index is 1.14. The molecule has 21 nitrogen and oxygen atoms in total. The van der Waals surface area contributed by atoms with Crippen molar-refractivity contribution in [2.24, 2.45) is 9.98 Å². The highest BCUT2D eigenvalue weighted by molar-refractivity contribution is 6.02. The van der Waals surface area contributed by atoms with Gasteiger partial charge in [0.2, 0.25) is 29.6 Å². The van der Waals surface area contributed by atoms with Gasteiger partial charge in [-0.1, -0.05) is 152 Å². The minimum Gasteiger partial charge on any atom is -0.508 e. The Labute approximate surface area is 462 Å². The molecule has 416 valence electrons. The molecule has 0 aliphatic rings. The number of amides is 7. The molecule has 0 saturated heterocycles. The first kappa shape index (κ1) is 59.2. The van der Waals surface area contributed by atoms with Crippen molar-refractivity contribution < 1.29 is 57.6 Å². The average molecular weight is 1090 g/mol. The van der Waals surface area contributed by atoms with Gasteiger partial charge in [-0.3, -0.25) is 25.0 Å². The van der Waals surface area contributed by atoms with Crippen LogP contribution in [0.5, 0.6) is 5.75 Å². The summed E-state index contributed by atoms with van der Waals surface area (Å²) < 4.78 is 21.3. The fourth-order valence-electron chi connectivity index (χ4n) is 7.75. The van der Waals surface area contributed by atoms with Gasteiger partial charge in [-0.2, -0.15) is 0 Å². The number of nitrogens with one attached hydrogen (secondary N) is 7. The van der Waals surface area contributed by atoms with Crippen molar-refractivity contribution in [3.05, 3.63) is 208 Å². The largest absolute Gasteiger partial charge is 0.508 e. The molecule has 0 radical (unpaired) electrons. The predicted octanol–water partition coefficient (Wildman–Crippen LogP) is 6.69. The van der Waals surface area contributed by atoms with Gasteiger partial charge in [0.05, 0.1) is 12.6 Å². The number of benzene rings is 6. The van der Waals surface area contributed by atoms with Gasteiger partial charge in [-0.15, -0.1) is 9.98 Å². The molecule has 6 aromatic rings. The summed E-state index contributed by atoms with van der Waals surface area (Å²) in [5.74, 6) is -2.97. The number of phenolic OH excluding ortho intramolecular Hbond substituents is 1. The van der Waals surface area contributed by atoms with E-state index in [0.29, 0.717) is 38.9 Å². The highest BCUT2D eigenvalue weighted by Gasteiger charge is 2.28. The second-order valence-electron chi connectivity index (χ2n) is 18.1. The summed E-state index contributed by atoms with van der Waals surface area (Å²) in [7, 11) is 0. The quantitative estimate of drug-likeness (QED) is 0.0212. The minimum absolute atomic E-state index is 0.00337. The maximum Gasteiger partial charge on any atom is 0.437 e. The first-order valence-electron chi connectivity index (χ1n) is 25.4. The van der Waals surface area contributed by atoms with E-state index in [1.165, 1.54) is 19.1 Å². The van der Waals surface area contributed by atoms with Gasteiger partial charge >= 0.3 is 24.4 Å². The Kier molecular flexibility index (Phi) is 23.1. The molecule has 3 atom stereocenters. The van der Waals surface area contributed by atoms with E-state index in [2.05, 4.69) is 47.2 Å². The third-order valence-electron chi connectivity index (χ3n) is 11.8. The van der Waals surface area contributed by atoms with Gasteiger partial charge in [0.15, 0.2) is 0 Å². The van der Waals surface area contributed by atoms with Crippen LogP contribution in [0.3, 0.4) is 0 Å². The zero-order valence-corrected chi connectivity index (χ0v) is 44.3. The lowest BCUT2D eigenvalue weighted by molar-refractivity contribution is -0.129. The van der Waals surface area contributed by atoms with Crippen molar-refractivity contribution in [1.82, 2.24) is 37.2 Å². The standard InChI is InChI=1S/C59H63N9O12/c1-39-29-48(69)30-40(2)49(39)32-50(64-55(67-58(75)79-37-45-25-15-7-16-26-45)68-59(76)80-38-46-27-17-8-18-28-46)53(72)62-41(3)52(71)60-33-47(31-42-19-9-4-10-20-42)63-51(70)34-61-54(65-56(73)77-35-43-21-11-5-12-22-43)66-57(74)78-36-44-23-13-6-14-24-44/h4-30,41,47,50,69H,31-38H2,1-3H3,(H,60,71)(H,62,72)(H,63,70)(H2,61,65,66,73,74)(H2,64,67,68,75,76)/t41-,47+,50+/m1/s1. The minimum atomic E-state index is -1.33. The summed E-state index contributed by atoms with van der Waals surface area (Å²) in [6, 6.07) is 44.2. The van der Waals surface area contributed by atoms with Gasteiger partial charge in [0.1, 0.15) is 44.3 Å². The summed E-state index contributed by atoms with van der Waals surface area (Å²) in [5.41, 5.74) is 5.39. The first-order valence-corrected chi connectivity index (χ1v) is 25.4. The monoisotopic (exact) mass is 1090 g/mol. The van der Waals surface area contributed by atoms with Crippen molar-refractivity contribution in [2.45, 2.75) is 78.2 Å². The average Bonchev–Trinajstić information content (AvgIpc) is 3.45. The fourth-order valence-corrected chi connectivity index (χ4v) is 7.75. The molecule has 0 bridgehead atoms. The molecule has 80 heavy (non-hydrogen) atoms. The van der Waals surface area contributed by atoms with Crippen molar-refractivity contribution in [1.29, 1.82) is 0 Å². The summed E-state index contributed by atoms with van der Waals surface area (Å²) in [6.45, 7) is 3.76. The molecule has 8 N–H and O–H groups in total. The molecule has 0 spiro atoms. The molecule has 0 aliphatic carbocycles. The Hall–Kier alpha value is -10.1. The van der Waals surface area contributed by atoms with Gasteiger partial charge in [0.25, 0.3) is 0 Å². The highest BCUT2D eigenvalue weighted by atomic mass is 16.6. The molecule has 0 heterocycles. The van der Waals surface area contributed by atoms with E-state index in [0.717, 1.165) is 5.56 Å². The number of hydrogen-bond donors (Lipinski definition) is 8. The summed E-state index contributed by atoms with van der Waals surface area (Å²) in [4.78, 5) is 102. The third kappa shape index (κ3) is 21.2. The fraction of sp³-hybridized carbons (Fsp3) is 0.237. The molecule has 6 aromatic carbocycles. The normalized spacial score (nSPS) is 12.2. The highest BCUT2D eigenvalue weighted by Crippen LogP contribution is 2.22. The lowest BCUT2D eigenvalue weighted by atomic mass is 9.95. The maximum absolute atomic E-state index is 14.4. The lowest BCUT2D eigenvalue weighted by Crippen LogP contribution is -2.57. The summed E-state index contributed by atoms with van der Waals surface area (Å²) in [6.07, 6.45) is -4.03. The second kappa shape index (κ2) is 31.2. The molecule has 0 saturated carbocycles. The zero-order chi connectivity index (χ0) is 57.1. The number of aromatic hydroxyl groups is 1. The molecular weight excluding hydrogens is 1030 g/mol. The number of nitrogens with zero attached hydrogens (tertiary/aromatic N) is 2. The van der Waals surface area contributed by atoms with E-state index in [4.69, 9.17) is 18.9 Å². The van der Waals surface area contributed by atoms with Crippen LogP contribution in [0.4, 0.5) is 19.2 Å². The van der Waals surface area contributed by atoms with Crippen LogP contribution in [0, 0.1) is 13.8 Å². The zero-order valence-electron chi connectivity index (χ0n) is 44.3. The van der Waals surface area contributed by atoms with E-state index in [1.807, 2.05) is 36.4 Å². The van der Waals surface area contributed by atoms with Crippen LogP contribution < -0.4 is 37.2 Å². The van der Waals surface area contributed by atoms with Crippen molar-refractivity contribution in [3.63, 3.8) is 0 Å². The van der Waals surface area contributed by atoms with Crippen LogP contribution in [-0.2, 0) is 72.6 Å². The number of hydrogen-bond acceptors (Lipinski definition) is 12. The van der Waals surface area contributed by atoms with Crippen LogP contribution >= 0.6 is 0 Å². The maximum atomic E-state index is 14.4. The topological polar surface area (TPSA) is 286 Å². The number of rotatable bonds is 21. The third-order valence-corrected chi connectivity index (χ3v) is 11.8. The number of ether oxygens (including phenoxy) is 4. The van der Waals surface area contributed by atoms with Crippen LogP contribution in [0.1, 0.15) is 51.4 Å². The predicted molar refractivity (Wildman–Crippen MR) is 297 cm³/mol. The van der Waals surface area contributed by atoms with Gasteiger partial charge in [-0.05, 0) is 83.8 Å². The van der Waals surface area contributed by atoms with E-state index >= 15 is 0 Å². The van der Waals surface area contributed by atoms with E-state index in [9.17, 15) is 38.7 Å². The lowest BCUT2D eigenvalue weighted by Gasteiger charge is -2.25. The van der Waals surface area contributed by atoms with E-state index in [-0.39, 0.29) is 51.6 Å². The van der Waals surface area contributed by atoms with Crippen LogP contribution in [0.25, 0.3) is 0 Å². The number of alkyl carbamates (subject to hydrolysis) is 2. The van der Waals surface area contributed by atoms with E-state index in [1.54, 1.807) is 129 Å². The van der Waals surface area contributed by atoms with Crippen LogP contribution in [-0.4, -0.2) is 90.3 Å². The van der Waals surface area contributed by atoms with Crippen molar-refractivity contribution in [3.8, 4) is 5.75 Å².